The second-order valence-electron chi connectivity index (χ2n) is 4.43. The lowest BCUT2D eigenvalue weighted by molar-refractivity contribution is -0.384. The van der Waals surface area contributed by atoms with Gasteiger partial charge in [-0.3, -0.25) is 15.2 Å². The summed E-state index contributed by atoms with van der Waals surface area (Å²) in [6, 6.07) is 0. The molecule has 0 saturated carbocycles. The lowest BCUT2D eigenvalue weighted by Gasteiger charge is -2.07. The molecule has 0 fully saturated rings. The molecule has 0 aliphatic heterocycles. The van der Waals surface area contributed by atoms with E-state index in [0.717, 1.165) is 12.0 Å². The molecule has 2 aromatic rings. The Morgan fingerprint density at radius 3 is 2.90 bits per heavy atom. The predicted octanol–water partition coefficient (Wildman–Crippen LogP) is 1.43. The largest absolute Gasteiger partial charge is 0.384 e. The van der Waals surface area contributed by atoms with E-state index in [-0.39, 0.29) is 5.69 Å². The first-order valence-corrected chi connectivity index (χ1v) is 6.28. The van der Waals surface area contributed by atoms with Crippen molar-refractivity contribution in [1.29, 1.82) is 0 Å². The Bertz CT molecular complexity index is 616. The van der Waals surface area contributed by atoms with Crippen LogP contribution in [0, 0.1) is 17.0 Å². The first-order chi connectivity index (χ1) is 9.54. The monoisotopic (exact) mass is 279 g/mol. The molecule has 108 valence electrons. The molecule has 2 heterocycles. The number of nitrogen functional groups attached to an aromatic ring is 1. The fourth-order valence-corrected chi connectivity index (χ4v) is 1.98. The quantitative estimate of drug-likeness (QED) is 0.542. The predicted molar refractivity (Wildman–Crippen MR) is 74.2 cm³/mol. The summed E-state index contributed by atoms with van der Waals surface area (Å²) in [6.45, 7) is 4.57. The lowest BCUT2D eigenvalue weighted by atomic mass is 10.3. The summed E-state index contributed by atoms with van der Waals surface area (Å²) in [5.41, 5.74) is 6.84. The molecule has 0 bridgehead atoms. The van der Waals surface area contributed by atoms with Gasteiger partial charge in [0.1, 0.15) is 11.5 Å². The second kappa shape index (κ2) is 5.59. The Morgan fingerprint density at radius 1 is 1.60 bits per heavy atom. The fraction of sp³-hybridized carbons (Fsp3) is 0.455. The maximum Gasteiger partial charge on any atom is 0.333 e. The molecule has 20 heavy (non-hydrogen) atoms. The highest BCUT2D eigenvalue weighted by Crippen LogP contribution is 2.29. The second-order valence-corrected chi connectivity index (χ2v) is 4.43. The van der Waals surface area contributed by atoms with E-state index in [1.165, 1.54) is 0 Å². The van der Waals surface area contributed by atoms with Crippen LogP contribution in [0.3, 0.4) is 0 Å². The van der Waals surface area contributed by atoms with Crippen molar-refractivity contribution in [3.8, 4) is 0 Å². The number of nitrogens with one attached hydrogen (secondary N) is 2. The van der Waals surface area contributed by atoms with E-state index in [4.69, 9.17) is 5.73 Å². The Morgan fingerprint density at radius 2 is 2.35 bits per heavy atom. The van der Waals surface area contributed by atoms with Crippen molar-refractivity contribution in [2.45, 2.75) is 33.4 Å². The maximum absolute atomic E-state index is 11.2. The molecule has 0 atom stereocenters. The molecular formula is C11H17N7O2. The van der Waals surface area contributed by atoms with Crippen molar-refractivity contribution >= 4 is 17.3 Å². The van der Waals surface area contributed by atoms with Gasteiger partial charge >= 0.3 is 5.69 Å². The minimum absolute atomic E-state index is 0.000478. The maximum atomic E-state index is 11.2. The van der Waals surface area contributed by atoms with Crippen LogP contribution in [0.2, 0.25) is 0 Å². The van der Waals surface area contributed by atoms with E-state index in [9.17, 15) is 10.1 Å². The number of hydrogen-bond donors (Lipinski definition) is 3. The lowest BCUT2D eigenvalue weighted by Crippen LogP contribution is -2.09. The van der Waals surface area contributed by atoms with Gasteiger partial charge in [0.2, 0.25) is 5.82 Å². The number of aromatic nitrogens is 4. The van der Waals surface area contributed by atoms with Crippen LogP contribution in [-0.2, 0) is 13.1 Å². The minimum Gasteiger partial charge on any atom is -0.384 e. The number of anilines is 2. The summed E-state index contributed by atoms with van der Waals surface area (Å²) >= 11 is 0. The smallest absolute Gasteiger partial charge is 0.333 e. The molecule has 9 nitrogen and oxygen atoms in total. The average molecular weight is 279 g/mol. The van der Waals surface area contributed by atoms with Crippen LogP contribution in [0.5, 0.6) is 0 Å². The Kier molecular flexibility index (Phi) is 3.87. The van der Waals surface area contributed by atoms with Crippen LogP contribution in [0.15, 0.2) is 6.20 Å². The zero-order valence-corrected chi connectivity index (χ0v) is 11.4. The van der Waals surface area contributed by atoms with Crippen molar-refractivity contribution in [2.75, 3.05) is 11.1 Å². The van der Waals surface area contributed by atoms with Gasteiger partial charge in [0.15, 0.2) is 0 Å². The van der Waals surface area contributed by atoms with Gasteiger partial charge in [-0.1, -0.05) is 6.92 Å². The molecule has 0 radical (unpaired) electrons. The average Bonchev–Trinajstić information content (AvgIpc) is 2.91. The summed E-state index contributed by atoms with van der Waals surface area (Å²) in [4.78, 5) is 10.7. The summed E-state index contributed by atoms with van der Waals surface area (Å²) < 4.78 is 1.61. The molecule has 0 amide bonds. The van der Waals surface area contributed by atoms with Gasteiger partial charge in [-0.25, -0.2) is 4.68 Å². The SMILES string of the molecule is CCCn1nc(C)c([N+](=O)[O-])c1NCc1cn[nH]c1N. The van der Waals surface area contributed by atoms with Crippen LogP contribution in [0.1, 0.15) is 24.6 Å². The van der Waals surface area contributed by atoms with E-state index >= 15 is 0 Å². The number of aromatic amines is 1. The first-order valence-electron chi connectivity index (χ1n) is 6.28. The van der Waals surface area contributed by atoms with Gasteiger partial charge in [0, 0.05) is 18.7 Å². The number of rotatable bonds is 6. The molecular weight excluding hydrogens is 262 g/mol. The van der Waals surface area contributed by atoms with E-state index < -0.39 is 4.92 Å². The molecule has 2 rings (SSSR count). The molecule has 0 aliphatic carbocycles. The summed E-state index contributed by atoms with van der Waals surface area (Å²) in [7, 11) is 0. The van der Waals surface area contributed by atoms with Crippen LogP contribution >= 0.6 is 0 Å². The first kappa shape index (κ1) is 13.8. The third kappa shape index (κ3) is 2.56. The van der Waals surface area contributed by atoms with E-state index in [2.05, 4.69) is 20.6 Å². The topological polar surface area (TPSA) is 128 Å². The number of nitrogens with zero attached hydrogens (tertiary/aromatic N) is 4. The molecule has 2 aromatic heterocycles. The number of nitrogens with two attached hydrogens (primary N) is 1. The van der Waals surface area contributed by atoms with Gasteiger partial charge in [0.05, 0.1) is 11.1 Å². The van der Waals surface area contributed by atoms with Crippen LogP contribution in [-0.4, -0.2) is 24.9 Å². The zero-order valence-electron chi connectivity index (χ0n) is 11.4. The van der Waals surface area contributed by atoms with E-state index in [1.54, 1.807) is 17.8 Å². The highest BCUT2D eigenvalue weighted by Gasteiger charge is 2.25. The minimum atomic E-state index is -0.421. The van der Waals surface area contributed by atoms with Gasteiger partial charge in [0.25, 0.3) is 0 Å². The number of aryl methyl sites for hydroxylation is 2. The number of nitro groups is 1. The van der Waals surface area contributed by atoms with Crippen molar-refractivity contribution in [3.05, 3.63) is 27.6 Å². The van der Waals surface area contributed by atoms with Crippen LogP contribution < -0.4 is 11.1 Å². The normalized spacial score (nSPS) is 10.7. The van der Waals surface area contributed by atoms with Gasteiger partial charge in [-0.2, -0.15) is 10.2 Å². The standard InChI is InChI=1S/C11H17N7O2/c1-3-4-17-11(9(18(19)20)7(2)16-17)13-5-8-6-14-15-10(8)12/h6,13H,3-5H2,1-2H3,(H3,12,14,15). The third-order valence-electron chi connectivity index (χ3n) is 2.91. The summed E-state index contributed by atoms with van der Waals surface area (Å²) in [5, 5.41) is 24.8. The molecule has 9 heteroatoms. The van der Waals surface area contributed by atoms with Gasteiger partial charge in [-0.05, 0) is 13.3 Å². The number of hydrogen-bond acceptors (Lipinski definition) is 6. The van der Waals surface area contributed by atoms with Gasteiger partial charge in [-0.15, -0.1) is 0 Å². The molecule has 0 unspecified atom stereocenters. The molecule has 0 saturated heterocycles. The summed E-state index contributed by atoms with van der Waals surface area (Å²) in [6.07, 6.45) is 2.42. The number of H-pyrrole nitrogens is 1. The van der Waals surface area contributed by atoms with Crippen molar-refractivity contribution in [3.63, 3.8) is 0 Å². The Balaban J connectivity index is 2.28. The highest BCUT2D eigenvalue weighted by molar-refractivity contribution is 5.60. The summed E-state index contributed by atoms with van der Waals surface area (Å²) in [5.74, 6) is 0.841. The van der Waals surface area contributed by atoms with Crippen LogP contribution in [0.25, 0.3) is 0 Å². The van der Waals surface area contributed by atoms with Crippen molar-refractivity contribution in [2.24, 2.45) is 0 Å². The fourth-order valence-electron chi connectivity index (χ4n) is 1.98. The third-order valence-corrected chi connectivity index (χ3v) is 2.91. The Hall–Kier alpha value is -2.58. The Labute approximate surface area is 115 Å². The van der Waals surface area contributed by atoms with E-state index in [0.29, 0.717) is 30.4 Å². The zero-order chi connectivity index (χ0) is 14.7. The molecule has 0 aromatic carbocycles. The molecule has 4 N–H and O–H groups in total. The van der Waals surface area contributed by atoms with Crippen molar-refractivity contribution in [1.82, 2.24) is 20.0 Å². The van der Waals surface area contributed by atoms with Gasteiger partial charge < -0.3 is 11.1 Å². The highest BCUT2D eigenvalue weighted by atomic mass is 16.6. The molecule has 0 aliphatic rings. The van der Waals surface area contributed by atoms with Crippen LogP contribution in [0.4, 0.5) is 17.3 Å². The van der Waals surface area contributed by atoms with Crippen molar-refractivity contribution < 1.29 is 4.92 Å². The van der Waals surface area contributed by atoms with E-state index in [1.807, 2.05) is 6.92 Å². The molecule has 0 spiro atoms.